The van der Waals surface area contributed by atoms with Crippen LogP contribution in [0.4, 0.5) is 0 Å². The van der Waals surface area contributed by atoms with Crippen LogP contribution in [0.1, 0.15) is 37.4 Å². The minimum atomic E-state index is 0.571. The van der Waals surface area contributed by atoms with E-state index in [0.717, 1.165) is 17.8 Å². The van der Waals surface area contributed by atoms with E-state index in [4.69, 9.17) is 0 Å². The zero-order chi connectivity index (χ0) is 11.0. The average Bonchev–Trinajstić information content (AvgIpc) is 2.53. The summed E-state index contributed by atoms with van der Waals surface area (Å²) in [4.78, 5) is 4.47. The van der Waals surface area contributed by atoms with Crippen LogP contribution < -0.4 is 0 Å². The number of pyridine rings is 1. The SMILES string of the molecule is CCC(C)c1cnc2c(c1)c(C)nn2C. The molecule has 0 aliphatic rings. The molecule has 0 N–H and O–H groups in total. The van der Waals surface area contributed by atoms with E-state index < -0.39 is 0 Å². The molecule has 0 amide bonds. The molecule has 3 heteroatoms. The molecule has 2 heterocycles. The molecule has 0 bridgehead atoms. The highest BCUT2D eigenvalue weighted by Crippen LogP contribution is 2.23. The van der Waals surface area contributed by atoms with E-state index >= 15 is 0 Å². The predicted octanol–water partition coefficient (Wildman–Crippen LogP) is 2.79. The summed E-state index contributed by atoms with van der Waals surface area (Å²) >= 11 is 0. The van der Waals surface area contributed by atoms with Gasteiger partial charge in [0.2, 0.25) is 0 Å². The van der Waals surface area contributed by atoms with E-state index in [-0.39, 0.29) is 0 Å². The standard InChI is InChI=1S/C12H17N3/c1-5-8(2)10-6-11-9(3)14-15(4)12(11)13-7-10/h6-8H,5H2,1-4H3. The van der Waals surface area contributed by atoms with Crippen molar-refractivity contribution in [3.05, 3.63) is 23.5 Å². The number of nitrogens with zero attached hydrogens (tertiary/aromatic N) is 3. The lowest BCUT2D eigenvalue weighted by Gasteiger charge is -2.07. The summed E-state index contributed by atoms with van der Waals surface area (Å²) in [7, 11) is 1.94. The van der Waals surface area contributed by atoms with Crippen LogP contribution in [0.2, 0.25) is 0 Å². The van der Waals surface area contributed by atoms with Crippen LogP contribution in [0.25, 0.3) is 11.0 Å². The minimum absolute atomic E-state index is 0.571. The second-order valence-corrected chi connectivity index (χ2v) is 4.16. The Morgan fingerprint density at radius 1 is 1.47 bits per heavy atom. The second-order valence-electron chi connectivity index (χ2n) is 4.16. The number of hydrogen-bond acceptors (Lipinski definition) is 2. The lowest BCUT2D eigenvalue weighted by atomic mass is 10.00. The van der Waals surface area contributed by atoms with E-state index in [0.29, 0.717) is 5.92 Å². The van der Waals surface area contributed by atoms with Crippen LogP contribution >= 0.6 is 0 Å². The maximum absolute atomic E-state index is 4.47. The summed E-state index contributed by atoms with van der Waals surface area (Å²) in [6.07, 6.45) is 3.12. The second kappa shape index (κ2) is 3.65. The molecular weight excluding hydrogens is 186 g/mol. The first-order valence-corrected chi connectivity index (χ1v) is 5.42. The highest BCUT2D eigenvalue weighted by molar-refractivity contribution is 5.78. The third kappa shape index (κ3) is 1.62. The fourth-order valence-electron chi connectivity index (χ4n) is 1.83. The van der Waals surface area contributed by atoms with Crippen molar-refractivity contribution in [1.29, 1.82) is 0 Å². The van der Waals surface area contributed by atoms with Gasteiger partial charge in [-0.15, -0.1) is 0 Å². The van der Waals surface area contributed by atoms with Crippen LogP contribution in [-0.2, 0) is 7.05 Å². The van der Waals surface area contributed by atoms with Gasteiger partial charge in [0.05, 0.1) is 5.69 Å². The van der Waals surface area contributed by atoms with E-state index in [1.807, 2.05) is 24.9 Å². The van der Waals surface area contributed by atoms with Gasteiger partial charge in [0.15, 0.2) is 5.65 Å². The van der Waals surface area contributed by atoms with Gasteiger partial charge < -0.3 is 0 Å². The van der Waals surface area contributed by atoms with E-state index in [1.54, 1.807) is 0 Å². The lowest BCUT2D eigenvalue weighted by molar-refractivity contribution is 0.729. The molecule has 2 aromatic rings. The average molecular weight is 203 g/mol. The number of rotatable bonds is 2. The van der Waals surface area contributed by atoms with Crippen molar-refractivity contribution in [1.82, 2.24) is 14.8 Å². The topological polar surface area (TPSA) is 30.7 Å². The van der Waals surface area contributed by atoms with Crippen LogP contribution in [0.3, 0.4) is 0 Å². The molecule has 0 saturated heterocycles. The zero-order valence-corrected chi connectivity index (χ0v) is 9.78. The van der Waals surface area contributed by atoms with Crippen molar-refractivity contribution >= 4 is 11.0 Å². The lowest BCUT2D eigenvalue weighted by Crippen LogP contribution is -1.95. The van der Waals surface area contributed by atoms with E-state index in [2.05, 4.69) is 30.0 Å². The van der Waals surface area contributed by atoms with Crippen molar-refractivity contribution in [3.8, 4) is 0 Å². The van der Waals surface area contributed by atoms with Crippen molar-refractivity contribution < 1.29 is 0 Å². The molecule has 0 fully saturated rings. The first kappa shape index (κ1) is 10.1. The molecular formula is C12H17N3. The third-order valence-corrected chi connectivity index (χ3v) is 3.07. The van der Waals surface area contributed by atoms with Crippen LogP contribution in [0, 0.1) is 6.92 Å². The van der Waals surface area contributed by atoms with Gasteiger partial charge in [-0.3, -0.25) is 4.68 Å². The largest absolute Gasteiger partial charge is 0.250 e. The summed E-state index contributed by atoms with van der Waals surface area (Å²) in [5.74, 6) is 0.571. The Bertz CT molecular complexity index is 485. The van der Waals surface area contributed by atoms with E-state index in [9.17, 15) is 0 Å². The maximum Gasteiger partial charge on any atom is 0.157 e. The van der Waals surface area contributed by atoms with Crippen molar-refractivity contribution in [2.45, 2.75) is 33.1 Å². The summed E-state index contributed by atoms with van der Waals surface area (Å²) in [6, 6.07) is 2.22. The maximum atomic E-state index is 4.47. The Morgan fingerprint density at radius 3 is 2.87 bits per heavy atom. The molecule has 0 saturated carbocycles. The number of aryl methyl sites for hydroxylation is 2. The molecule has 0 spiro atoms. The molecule has 15 heavy (non-hydrogen) atoms. The van der Waals surface area contributed by atoms with Gasteiger partial charge in [-0.2, -0.15) is 5.10 Å². The number of hydrogen-bond donors (Lipinski definition) is 0. The molecule has 80 valence electrons. The molecule has 3 nitrogen and oxygen atoms in total. The smallest absolute Gasteiger partial charge is 0.157 e. The third-order valence-electron chi connectivity index (χ3n) is 3.07. The molecule has 1 atom stereocenters. The van der Waals surface area contributed by atoms with Crippen molar-refractivity contribution in [2.24, 2.45) is 7.05 Å². The molecule has 0 aliphatic carbocycles. The van der Waals surface area contributed by atoms with Crippen LogP contribution in [-0.4, -0.2) is 14.8 Å². The Balaban J connectivity index is 2.60. The van der Waals surface area contributed by atoms with Crippen molar-refractivity contribution in [2.75, 3.05) is 0 Å². The van der Waals surface area contributed by atoms with Crippen LogP contribution in [0.15, 0.2) is 12.3 Å². The van der Waals surface area contributed by atoms with Crippen LogP contribution in [0.5, 0.6) is 0 Å². The quantitative estimate of drug-likeness (QED) is 0.751. The van der Waals surface area contributed by atoms with E-state index in [1.165, 1.54) is 10.9 Å². The van der Waals surface area contributed by atoms with Gasteiger partial charge in [-0.05, 0) is 30.9 Å². The molecule has 2 rings (SSSR count). The molecule has 0 aliphatic heterocycles. The summed E-state index contributed by atoms with van der Waals surface area (Å²) in [5, 5.41) is 5.55. The normalized spacial score (nSPS) is 13.3. The van der Waals surface area contributed by atoms with Gasteiger partial charge >= 0.3 is 0 Å². The fourth-order valence-corrected chi connectivity index (χ4v) is 1.83. The Labute approximate surface area is 90.1 Å². The fraction of sp³-hybridized carbons (Fsp3) is 0.500. The van der Waals surface area contributed by atoms with Gasteiger partial charge in [0.25, 0.3) is 0 Å². The molecule has 2 aromatic heterocycles. The number of fused-ring (bicyclic) bond motifs is 1. The molecule has 0 radical (unpaired) electrons. The Morgan fingerprint density at radius 2 is 2.20 bits per heavy atom. The predicted molar refractivity (Wildman–Crippen MR) is 62.0 cm³/mol. The van der Waals surface area contributed by atoms with Gasteiger partial charge in [0, 0.05) is 18.6 Å². The molecule has 0 aromatic carbocycles. The van der Waals surface area contributed by atoms with Crippen molar-refractivity contribution in [3.63, 3.8) is 0 Å². The Kier molecular flexibility index (Phi) is 2.47. The highest BCUT2D eigenvalue weighted by atomic mass is 15.3. The van der Waals surface area contributed by atoms with Gasteiger partial charge in [-0.25, -0.2) is 4.98 Å². The zero-order valence-electron chi connectivity index (χ0n) is 9.78. The van der Waals surface area contributed by atoms with Gasteiger partial charge in [0.1, 0.15) is 0 Å². The minimum Gasteiger partial charge on any atom is -0.250 e. The first-order chi connectivity index (χ1) is 7.13. The highest BCUT2D eigenvalue weighted by Gasteiger charge is 2.09. The summed E-state index contributed by atoms with van der Waals surface area (Å²) < 4.78 is 1.84. The Hall–Kier alpha value is -1.38. The number of aromatic nitrogens is 3. The monoisotopic (exact) mass is 203 g/mol. The first-order valence-electron chi connectivity index (χ1n) is 5.42. The summed E-state index contributed by atoms with van der Waals surface area (Å²) in [5.41, 5.74) is 3.34. The molecule has 1 unspecified atom stereocenters. The van der Waals surface area contributed by atoms with Gasteiger partial charge in [-0.1, -0.05) is 13.8 Å². The summed E-state index contributed by atoms with van der Waals surface area (Å²) in [6.45, 7) is 6.46.